The second-order valence-corrected chi connectivity index (χ2v) is 6.19. The zero-order chi connectivity index (χ0) is 19.6. The van der Waals surface area contributed by atoms with E-state index < -0.39 is 0 Å². The third kappa shape index (κ3) is 6.47. The topological polar surface area (TPSA) is 88.2 Å². The molecule has 0 bridgehead atoms. The first-order chi connectivity index (χ1) is 13.0. The molecule has 8 nitrogen and oxygen atoms in total. The van der Waals surface area contributed by atoms with E-state index in [0.29, 0.717) is 45.8 Å². The Kier molecular flexibility index (Phi) is 7.91. The number of carbonyl (C=O) groups is 3. The van der Waals surface area contributed by atoms with Gasteiger partial charge in [-0.1, -0.05) is 12.1 Å². The number of rotatable bonds is 7. The summed E-state index contributed by atoms with van der Waals surface area (Å²) in [5.41, 5.74) is 1.08. The molecule has 1 heterocycles. The van der Waals surface area contributed by atoms with E-state index in [4.69, 9.17) is 9.47 Å². The normalized spacial score (nSPS) is 13.9. The van der Waals surface area contributed by atoms with Crippen LogP contribution in [0.25, 0.3) is 0 Å². The van der Waals surface area contributed by atoms with E-state index >= 15 is 0 Å². The highest BCUT2D eigenvalue weighted by atomic mass is 16.6. The summed E-state index contributed by atoms with van der Waals surface area (Å²) < 4.78 is 10.1. The second-order valence-electron chi connectivity index (χ2n) is 6.19. The number of ether oxygens (including phenoxy) is 2. The van der Waals surface area contributed by atoms with Crippen molar-refractivity contribution in [2.45, 2.75) is 19.8 Å². The van der Waals surface area contributed by atoms with Crippen LogP contribution in [0.15, 0.2) is 24.3 Å². The number of benzene rings is 1. The standard InChI is InChI=1S/C19H27N3O5/c1-3-27-19(25)22-12-10-21(11-13-22)18(24)14-17(23)20-9-8-15-4-6-16(26-2)7-5-15/h4-7H,3,8-14H2,1-2H3,(H,20,23). The van der Waals surface area contributed by atoms with E-state index in [0.717, 1.165) is 11.3 Å². The van der Waals surface area contributed by atoms with E-state index in [1.54, 1.807) is 23.8 Å². The Morgan fingerprint density at radius 3 is 2.26 bits per heavy atom. The van der Waals surface area contributed by atoms with Gasteiger partial charge in [0.05, 0.1) is 13.7 Å². The van der Waals surface area contributed by atoms with Gasteiger partial charge in [0, 0.05) is 32.7 Å². The first kappa shape index (κ1) is 20.5. The van der Waals surface area contributed by atoms with Gasteiger partial charge in [0.25, 0.3) is 0 Å². The highest BCUT2D eigenvalue weighted by Crippen LogP contribution is 2.11. The first-order valence-electron chi connectivity index (χ1n) is 9.12. The molecule has 1 aromatic carbocycles. The predicted octanol–water partition coefficient (Wildman–Crippen LogP) is 1.04. The molecule has 148 valence electrons. The summed E-state index contributed by atoms with van der Waals surface area (Å²) >= 11 is 0. The van der Waals surface area contributed by atoms with Gasteiger partial charge in [0.1, 0.15) is 12.2 Å². The van der Waals surface area contributed by atoms with Gasteiger partial charge in [-0.2, -0.15) is 0 Å². The van der Waals surface area contributed by atoms with Gasteiger partial charge in [-0.05, 0) is 31.0 Å². The number of nitrogens with zero attached hydrogens (tertiary/aromatic N) is 2. The lowest BCUT2D eigenvalue weighted by atomic mass is 10.1. The molecular formula is C19H27N3O5. The zero-order valence-electron chi connectivity index (χ0n) is 15.9. The fourth-order valence-corrected chi connectivity index (χ4v) is 2.80. The number of hydrogen-bond acceptors (Lipinski definition) is 5. The van der Waals surface area contributed by atoms with E-state index in [1.165, 1.54) is 0 Å². The molecule has 27 heavy (non-hydrogen) atoms. The molecule has 0 radical (unpaired) electrons. The average molecular weight is 377 g/mol. The first-order valence-corrected chi connectivity index (χ1v) is 9.12. The van der Waals surface area contributed by atoms with E-state index in [-0.39, 0.29) is 24.3 Å². The summed E-state index contributed by atoms with van der Waals surface area (Å²) in [5, 5.41) is 2.77. The molecule has 1 fully saturated rings. The summed E-state index contributed by atoms with van der Waals surface area (Å²) in [5.74, 6) is 0.276. The summed E-state index contributed by atoms with van der Waals surface area (Å²) in [4.78, 5) is 39.0. The van der Waals surface area contributed by atoms with Crippen LogP contribution in [0.2, 0.25) is 0 Å². The quantitative estimate of drug-likeness (QED) is 0.718. The number of carbonyl (C=O) groups excluding carboxylic acids is 3. The predicted molar refractivity (Wildman–Crippen MR) is 99.5 cm³/mol. The van der Waals surface area contributed by atoms with Gasteiger partial charge in [-0.15, -0.1) is 0 Å². The number of piperazine rings is 1. The molecule has 0 saturated carbocycles. The monoisotopic (exact) mass is 377 g/mol. The van der Waals surface area contributed by atoms with Gasteiger partial charge in [-0.25, -0.2) is 4.79 Å². The van der Waals surface area contributed by atoms with Gasteiger partial charge >= 0.3 is 6.09 Å². The Hall–Kier alpha value is -2.77. The largest absolute Gasteiger partial charge is 0.497 e. The highest BCUT2D eigenvalue weighted by Gasteiger charge is 2.25. The molecule has 1 N–H and O–H groups in total. The molecule has 0 unspecified atom stereocenters. The third-order valence-electron chi connectivity index (χ3n) is 4.37. The molecule has 3 amide bonds. The zero-order valence-corrected chi connectivity index (χ0v) is 15.9. The van der Waals surface area contributed by atoms with Gasteiger partial charge in [0.2, 0.25) is 11.8 Å². The smallest absolute Gasteiger partial charge is 0.409 e. The minimum Gasteiger partial charge on any atom is -0.497 e. The van der Waals surface area contributed by atoms with Crippen molar-refractivity contribution in [1.29, 1.82) is 0 Å². The molecule has 0 spiro atoms. The molecule has 1 saturated heterocycles. The molecule has 0 atom stereocenters. The maximum atomic E-state index is 12.2. The average Bonchev–Trinajstić information content (AvgIpc) is 2.68. The summed E-state index contributed by atoms with van der Waals surface area (Å²) in [6.07, 6.45) is 0.144. The van der Waals surface area contributed by atoms with Crippen LogP contribution in [0.4, 0.5) is 4.79 Å². The fraction of sp³-hybridized carbons (Fsp3) is 0.526. The van der Waals surface area contributed by atoms with Crippen LogP contribution in [0.3, 0.4) is 0 Å². The van der Waals surface area contributed by atoms with Crippen LogP contribution < -0.4 is 10.1 Å². The summed E-state index contributed by atoms with van der Waals surface area (Å²) in [6, 6.07) is 7.63. The molecule has 0 aromatic heterocycles. The van der Waals surface area contributed by atoms with Crippen LogP contribution in [-0.4, -0.2) is 74.1 Å². The molecule has 1 aliphatic rings. The van der Waals surface area contributed by atoms with E-state index in [1.807, 2.05) is 24.3 Å². The lowest BCUT2D eigenvalue weighted by molar-refractivity contribution is -0.137. The van der Waals surface area contributed by atoms with Crippen LogP contribution >= 0.6 is 0 Å². The highest BCUT2D eigenvalue weighted by molar-refractivity contribution is 5.97. The van der Waals surface area contributed by atoms with Crippen LogP contribution in [0, 0.1) is 0 Å². The van der Waals surface area contributed by atoms with Gasteiger partial charge < -0.3 is 24.6 Å². The number of methoxy groups -OCH3 is 1. The SMILES string of the molecule is CCOC(=O)N1CCN(C(=O)CC(=O)NCCc2ccc(OC)cc2)CC1. The Bertz CT molecular complexity index is 639. The minimum absolute atomic E-state index is 0.179. The molecule has 8 heteroatoms. The maximum Gasteiger partial charge on any atom is 0.409 e. The molecule has 1 aromatic rings. The summed E-state index contributed by atoms with van der Waals surface area (Å²) in [6.45, 7) is 4.22. The van der Waals surface area contributed by atoms with Crippen molar-refractivity contribution in [1.82, 2.24) is 15.1 Å². The van der Waals surface area contributed by atoms with Crippen molar-refractivity contribution in [2.24, 2.45) is 0 Å². The van der Waals surface area contributed by atoms with Gasteiger partial charge in [0.15, 0.2) is 0 Å². The minimum atomic E-state index is -0.360. The molecular weight excluding hydrogens is 350 g/mol. The van der Waals surface area contributed by atoms with Crippen molar-refractivity contribution in [3.05, 3.63) is 29.8 Å². The van der Waals surface area contributed by atoms with Crippen LogP contribution in [0.5, 0.6) is 5.75 Å². The number of amides is 3. The second kappa shape index (κ2) is 10.4. The molecule has 1 aliphatic heterocycles. The lowest BCUT2D eigenvalue weighted by Crippen LogP contribution is -2.51. The Morgan fingerprint density at radius 2 is 1.67 bits per heavy atom. The number of hydrogen-bond donors (Lipinski definition) is 1. The molecule has 2 rings (SSSR count). The third-order valence-corrected chi connectivity index (χ3v) is 4.37. The van der Waals surface area contributed by atoms with Crippen LogP contribution in [0.1, 0.15) is 18.9 Å². The molecule has 0 aliphatic carbocycles. The van der Waals surface area contributed by atoms with Crippen molar-refractivity contribution >= 4 is 17.9 Å². The van der Waals surface area contributed by atoms with Crippen molar-refractivity contribution in [3.63, 3.8) is 0 Å². The fourth-order valence-electron chi connectivity index (χ4n) is 2.80. The Labute approximate surface area is 159 Å². The maximum absolute atomic E-state index is 12.2. The van der Waals surface area contributed by atoms with E-state index in [9.17, 15) is 14.4 Å². The Morgan fingerprint density at radius 1 is 1.04 bits per heavy atom. The number of nitrogens with one attached hydrogen (secondary N) is 1. The Balaban J connectivity index is 1.66. The summed E-state index contributed by atoms with van der Waals surface area (Å²) in [7, 11) is 1.61. The lowest BCUT2D eigenvalue weighted by Gasteiger charge is -2.34. The van der Waals surface area contributed by atoms with Crippen LogP contribution in [-0.2, 0) is 20.7 Å². The van der Waals surface area contributed by atoms with Crippen molar-refractivity contribution in [2.75, 3.05) is 46.4 Å². The van der Waals surface area contributed by atoms with Crippen molar-refractivity contribution < 1.29 is 23.9 Å². The van der Waals surface area contributed by atoms with E-state index in [2.05, 4.69) is 5.32 Å². The van der Waals surface area contributed by atoms with Crippen molar-refractivity contribution in [3.8, 4) is 5.75 Å². The van der Waals surface area contributed by atoms with Gasteiger partial charge in [-0.3, -0.25) is 9.59 Å².